The number of amides is 1. The van der Waals surface area contributed by atoms with Crippen LogP contribution in [0, 0.1) is 0 Å². The molecule has 0 spiro atoms. The summed E-state index contributed by atoms with van der Waals surface area (Å²) in [6.45, 7) is 0.296. The highest BCUT2D eigenvalue weighted by molar-refractivity contribution is 6.33. The van der Waals surface area contributed by atoms with E-state index < -0.39 is 0 Å². The van der Waals surface area contributed by atoms with Crippen molar-refractivity contribution in [3.05, 3.63) is 53.1 Å². The van der Waals surface area contributed by atoms with E-state index >= 15 is 0 Å². The number of hydrazone groups is 1. The number of hydrogen-bond acceptors (Lipinski definition) is 5. The summed E-state index contributed by atoms with van der Waals surface area (Å²) in [5, 5.41) is 7.35. The number of nitrogens with zero attached hydrogens (tertiary/aromatic N) is 1. The molecule has 3 rings (SSSR count). The van der Waals surface area contributed by atoms with Crippen LogP contribution in [0.25, 0.3) is 0 Å². The minimum Gasteiger partial charge on any atom is -0.454 e. The van der Waals surface area contributed by atoms with E-state index in [1.807, 2.05) is 30.3 Å². The van der Waals surface area contributed by atoms with Crippen LogP contribution in [0.2, 0.25) is 5.02 Å². The maximum Gasteiger partial charge on any atom is 0.259 e. The normalized spacial score (nSPS) is 12.4. The number of hydrogen-bond donors (Lipinski definition) is 2. The fourth-order valence-electron chi connectivity index (χ4n) is 1.98. The molecule has 0 aliphatic carbocycles. The first-order chi connectivity index (χ1) is 11.2. The van der Waals surface area contributed by atoms with Gasteiger partial charge in [0.05, 0.1) is 17.8 Å². The Morgan fingerprint density at radius 1 is 1.22 bits per heavy atom. The summed E-state index contributed by atoms with van der Waals surface area (Å²) in [6, 6.07) is 12.8. The van der Waals surface area contributed by atoms with Gasteiger partial charge in [0.1, 0.15) is 0 Å². The predicted octanol–water partition coefficient (Wildman–Crippen LogP) is 2.63. The van der Waals surface area contributed by atoms with Crippen LogP contribution in [-0.4, -0.2) is 25.5 Å². The van der Waals surface area contributed by atoms with E-state index in [1.165, 1.54) is 6.21 Å². The maximum absolute atomic E-state index is 11.7. The smallest absolute Gasteiger partial charge is 0.259 e. The Morgan fingerprint density at radius 2 is 1.96 bits per heavy atom. The first-order valence-corrected chi connectivity index (χ1v) is 7.30. The maximum atomic E-state index is 11.7. The molecular weight excluding hydrogens is 318 g/mol. The van der Waals surface area contributed by atoms with Crippen LogP contribution in [0.4, 0.5) is 5.69 Å². The number of ether oxygens (including phenoxy) is 2. The lowest BCUT2D eigenvalue weighted by Crippen LogP contribution is -2.25. The van der Waals surface area contributed by atoms with E-state index in [1.54, 1.807) is 12.1 Å². The molecule has 23 heavy (non-hydrogen) atoms. The van der Waals surface area contributed by atoms with Gasteiger partial charge in [-0.3, -0.25) is 4.79 Å². The quantitative estimate of drug-likeness (QED) is 0.652. The van der Waals surface area contributed by atoms with E-state index in [4.69, 9.17) is 21.1 Å². The molecule has 0 bridgehead atoms. The largest absolute Gasteiger partial charge is 0.454 e. The van der Waals surface area contributed by atoms with Crippen LogP contribution in [0.3, 0.4) is 0 Å². The molecule has 1 aliphatic rings. The topological polar surface area (TPSA) is 72.0 Å². The van der Waals surface area contributed by atoms with Crippen molar-refractivity contribution in [3.63, 3.8) is 0 Å². The Kier molecular flexibility index (Phi) is 4.63. The average Bonchev–Trinajstić information content (AvgIpc) is 3.01. The van der Waals surface area contributed by atoms with E-state index in [2.05, 4.69) is 15.8 Å². The van der Waals surface area contributed by atoms with E-state index in [-0.39, 0.29) is 19.2 Å². The summed E-state index contributed by atoms with van der Waals surface area (Å²) in [5.74, 6) is 0.943. The van der Waals surface area contributed by atoms with E-state index in [0.717, 1.165) is 5.69 Å². The third kappa shape index (κ3) is 3.92. The second-order valence-electron chi connectivity index (χ2n) is 4.74. The molecule has 1 amide bonds. The summed E-state index contributed by atoms with van der Waals surface area (Å²) in [5.41, 5.74) is 3.93. The highest BCUT2D eigenvalue weighted by atomic mass is 35.5. The zero-order valence-electron chi connectivity index (χ0n) is 12.1. The lowest BCUT2D eigenvalue weighted by Gasteiger charge is -2.04. The summed E-state index contributed by atoms with van der Waals surface area (Å²) >= 11 is 6.11. The molecule has 2 aromatic carbocycles. The Labute approximate surface area is 138 Å². The van der Waals surface area contributed by atoms with Gasteiger partial charge < -0.3 is 14.8 Å². The number of carbonyl (C=O) groups excluding carboxylic acids is 1. The van der Waals surface area contributed by atoms with Crippen molar-refractivity contribution in [2.24, 2.45) is 5.10 Å². The Hall–Kier alpha value is -2.73. The first kappa shape index (κ1) is 15.2. The van der Waals surface area contributed by atoms with Crippen molar-refractivity contribution >= 4 is 29.4 Å². The number of fused-ring (bicyclic) bond motifs is 1. The lowest BCUT2D eigenvalue weighted by atomic mass is 10.2. The first-order valence-electron chi connectivity index (χ1n) is 6.92. The van der Waals surface area contributed by atoms with Gasteiger partial charge in [0.25, 0.3) is 5.91 Å². The molecule has 1 aliphatic heterocycles. The van der Waals surface area contributed by atoms with Gasteiger partial charge in [-0.1, -0.05) is 29.8 Å². The zero-order valence-corrected chi connectivity index (χ0v) is 12.8. The Bertz CT molecular complexity index is 735. The average molecular weight is 332 g/mol. The fourth-order valence-corrected chi connectivity index (χ4v) is 2.19. The molecule has 0 atom stereocenters. The number of anilines is 1. The minimum atomic E-state index is -0.262. The number of rotatable bonds is 5. The van der Waals surface area contributed by atoms with E-state index in [0.29, 0.717) is 22.1 Å². The van der Waals surface area contributed by atoms with Crippen molar-refractivity contribution in [3.8, 4) is 11.5 Å². The summed E-state index contributed by atoms with van der Waals surface area (Å²) in [4.78, 5) is 11.7. The summed E-state index contributed by atoms with van der Waals surface area (Å²) in [7, 11) is 0. The summed E-state index contributed by atoms with van der Waals surface area (Å²) < 4.78 is 10.5. The molecule has 0 saturated carbocycles. The number of para-hydroxylation sites is 1. The third-order valence-electron chi connectivity index (χ3n) is 3.11. The van der Waals surface area contributed by atoms with Crippen LogP contribution in [0.1, 0.15) is 5.56 Å². The van der Waals surface area contributed by atoms with Crippen LogP contribution in [0.5, 0.6) is 11.5 Å². The molecule has 6 nitrogen and oxygen atoms in total. The number of benzene rings is 2. The van der Waals surface area contributed by atoms with Crippen molar-refractivity contribution in [1.82, 2.24) is 5.43 Å². The molecule has 0 aromatic heterocycles. The van der Waals surface area contributed by atoms with Crippen molar-refractivity contribution in [1.29, 1.82) is 0 Å². The Balaban J connectivity index is 1.53. The molecule has 0 radical (unpaired) electrons. The monoisotopic (exact) mass is 331 g/mol. The predicted molar refractivity (Wildman–Crippen MR) is 88.2 cm³/mol. The van der Waals surface area contributed by atoms with Crippen LogP contribution in [0.15, 0.2) is 47.6 Å². The van der Waals surface area contributed by atoms with Crippen molar-refractivity contribution < 1.29 is 14.3 Å². The lowest BCUT2D eigenvalue weighted by molar-refractivity contribution is -0.119. The Morgan fingerprint density at radius 3 is 2.74 bits per heavy atom. The fraction of sp³-hybridized carbons (Fsp3) is 0.125. The van der Waals surface area contributed by atoms with Crippen molar-refractivity contribution in [2.75, 3.05) is 18.7 Å². The molecule has 2 N–H and O–H groups in total. The van der Waals surface area contributed by atoms with Gasteiger partial charge in [-0.2, -0.15) is 5.10 Å². The molecule has 1 heterocycles. The standard InChI is InChI=1S/C16H14ClN3O3/c17-13-7-15-14(22-10-23-15)6-11(13)8-19-20-16(21)9-18-12-4-2-1-3-5-12/h1-8,18H,9-10H2,(H,20,21)/b19-8-. The van der Waals surface area contributed by atoms with Gasteiger partial charge >= 0.3 is 0 Å². The number of nitrogens with one attached hydrogen (secondary N) is 2. The summed E-state index contributed by atoms with van der Waals surface area (Å²) in [6.07, 6.45) is 1.46. The van der Waals surface area contributed by atoms with Crippen molar-refractivity contribution in [2.45, 2.75) is 0 Å². The molecule has 0 saturated heterocycles. The van der Waals surface area contributed by atoms with Crippen LogP contribution < -0.4 is 20.2 Å². The molecule has 118 valence electrons. The van der Waals surface area contributed by atoms with Gasteiger partial charge in [0.15, 0.2) is 11.5 Å². The minimum absolute atomic E-state index is 0.121. The molecule has 0 fully saturated rings. The molecule has 7 heteroatoms. The van der Waals surface area contributed by atoms with Gasteiger partial charge in [-0.05, 0) is 18.2 Å². The molecular formula is C16H14ClN3O3. The second kappa shape index (κ2) is 7.02. The van der Waals surface area contributed by atoms with Gasteiger partial charge in [0.2, 0.25) is 6.79 Å². The molecule has 2 aromatic rings. The van der Waals surface area contributed by atoms with Gasteiger partial charge in [0, 0.05) is 17.3 Å². The molecule has 0 unspecified atom stereocenters. The van der Waals surface area contributed by atoms with Crippen LogP contribution >= 0.6 is 11.6 Å². The van der Waals surface area contributed by atoms with Gasteiger partial charge in [-0.25, -0.2) is 5.43 Å². The SMILES string of the molecule is O=C(CNc1ccccc1)N/N=C\c1cc2c(cc1Cl)OCO2. The number of halogens is 1. The highest BCUT2D eigenvalue weighted by Crippen LogP contribution is 2.36. The highest BCUT2D eigenvalue weighted by Gasteiger charge is 2.15. The zero-order chi connectivity index (χ0) is 16.1. The van der Waals surface area contributed by atoms with E-state index in [9.17, 15) is 4.79 Å². The van der Waals surface area contributed by atoms with Crippen LogP contribution in [-0.2, 0) is 4.79 Å². The second-order valence-corrected chi connectivity index (χ2v) is 5.15. The third-order valence-corrected chi connectivity index (χ3v) is 3.44. The number of carbonyl (C=O) groups is 1. The van der Waals surface area contributed by atoms with Gasteiger partial charge in [-0.15, -0.1) is 0 Å².